The van der Waals surface area contributed by atoms with E-state index in [1.807, 2.05) is 24.3 Å². The summed E-state index contributed by atoms with van der Waals surface area (Å²) in [6.07, 6.45) is 5.88. The Labute approximate surface area is 174 Å². The molecular formula is C24H28BrF3. The highest BCUT2D eigenvalue weighted by atomic mass is 79.9. The van der Waals surface area contributed by atoms with Crippen molar-refractivity contribution in [3.8, 4) is 11.1 Å². The SMILES string of the molecule is CCCCCC1CCC(c2ccc(-c3ccc(Br)cc3C(F)(F)F)cc2)CC1. The molecule has 0 radical (unpaired) electrons. The molecular weight excluding hydrogens is 425 g/mol. The molecule has 0 unspecified atom stereocenters. The second-order valence-electron chi connectivity index (χ2n) is 8.02. The smallest absolute Gasteiger partial charge is 0.166 e. The van der Waals surface area contributed by atoms with E-state index < -0.39 is 11.7 Å². The van der Waals surface area contributed by atoms with Gasteiger partial charge in [-0.3, -0.25) is 0 Å². The summed E-state index contributed by atoms with van der Waals surface area (Å²) in [4.78, 5) is 0. The van der Waals surface area contributed by atoms with Crippen molar-refractivity contribution in [3.63, 3.8) is 0 Å². The maximum absolute atomic E-state index is 13.4. The normalized spacial score (nSPS) is 20.3. The number of halogens is 4. The first-order valence-corrected chi connectivity index (χ1v) is 11.1. The van der Waals surface area contributed by atoms with Crippen LogP contribution in [0.1, 0.15) is 75.3 Å². The van der Waals surface area contributed by atoms with Crippen LogP contribution < -0.4 is 0 Å². The molecule has 0 atom stereocenters. The molecule has 2 aromatic rings. The third-order valence-corrected chi connectivity index (χ3v) is 6.54. The summed E-state index contributed by atoms with van der Waals surface area (Å²) in [5, 5.41) is 0. The molecule has 2 aromatic carbocycles. The van der Waals surface area contributed by atoms with E-state index in [0.717, 1.165) is 12.0 Å². The minimum atomic E-state index is -4.37. The summed E-state index contributed by atoms with van der Waals surface area (Å²) in [6, 6.07) is 12.1. The van der Waals surface area contributed by atoms with E-state index in [4.69, 9.17) is 0 Å². The van der Waals surface area contributed by atoms with Crippen molar-refractivity contribution in [2.45, 2.75) is 70.4 Å². The number of hydrogen-bond donors (Lipinski definition) is 0. The number of benzene rings is 2. The van der Waals surface area contributed by atoms with Crippen molar-refractivity contribution in [2.24, 2.45) is 5.92 Å². The molecule has 1 aliphatic carbocycles. The van der Waals surface area contributed by atoms with Crippen molar-refractivity contribution in [1.29, 1.82) is 0 Å². The fourth-order valence-electron chi connectivity index (χ4n) is 4.41. The van der Waals surface area contributed by atoms with Crippen LogP contribution in [0.2, 0.25) is 0 Å². The lowest BCUT2D eigenvalue weighted by atomic mass is 9.77. The topological polar surface area (TPSA) is 0 Å². The van der Waals surface area contributed by atoms with Crippen molar-refractivity contribution < 1.29 is 13.2 Å². The average molecular weight is 453 g/mol. The molecule has 3 rings (SSSR count). The maximum atomic E-state index is 13.4. The van der Waals surface area contributed by atoms with Crippen LogP contribution in [0.5, 0.6) is 0 Å². The highest BCUT2D eigenvalue weighted by molar-refractivity contribution is 9.10. The molecule has 1 aliphatic rings. The first-order valence-electron chi connectivity index (χ1n) is 10.4. The van der Waals surface area contributed by atoms with E-state index >= 15 is 0 Å². The van der Waals surface area contributed by atoms with Crippen molar-refractivity contribution in [3.05, 3.63) is 58.1 Å². The monoisotopic (exact) mass is 452 g/mol. The molecule has 0 spiro atoms. The Hall–Kier alpha value is -1.29. The van der Waals surface area contributed by atoms with E-state index in [1.165, 1.54) is 56.9 Å². The van der Waals surface area contributed by atoms with Crippen LogP contribution in [0.4, 0.5) is 13.2 Å². The number of hydrogen-bond acceptors (Lipinski definition) is 0. The Bertz CT molecular complexity index is 756. The van der Waals surface area contributed by atoms with Gasteiger partial charge >= 0.3 is 6.18 Å². The van der Waals surface area contributed by atoms with Gasteiger partial charge in [0.2, 0.25) is 0 Å². The van der Waals surface area contributed by atoms with Gasteiger partial charge in [-0.15, -0.1) is 0 Å². The van der Waals surface area contributed by atoms with Gasteiger partial charge in [-0.2, -0.15) is 13.2 Å². The van der Waals surface area contributed by atoms with E-state index in [0.29, 0.717) is 16.0 Å². The van der Waals surface area contributed by atoms with E-state index in [-0.39, 0.29) is 5.56 Å². The molecule has 28 heavy (non-hydrogen) atoms. The highest BCUT2D eigenvalue weighted by Gasteiger charge is 2.34. The lowest BCUT2D eigenvalue weighted by Gasteiger charge is -2.29. The summed E-state index contributed by atoms with van der Waals surface area (Å²) in [7, 11) is 0. The van der Waals surface area contributed by atoms with Crippen LogP contribution >= 0.6 is 15.9 Å². The van der Waals surface area contributed by atoms with Crippen LogP contribution in [-0.2, 0) is 6.18 Å². The molecule has 1 fully saturated rings. The molecule has 0 saturated heterocycles. The number of unbranched alkanes of at least 4 members (excludes halogenated alkanes) is 2. The van der Waals surface area contributed by atoms with Gasteiger partial charge in [0.05, 0.1) is 5.56 Å². The van der Waals surface area contributed by atoms with Gasteiger partial charge in [-0.05, 0) is 66.3 Å². The molecule has 0 amide bonds. The molecule has 0 heterocycles. The second-order valence-corrected chi connectivity index (χ2v) is 8.94. The maximum Gasteiger partial charge on any atom is 0.417 e. The Morgan fingerprint density at radius 1 is 0.929 bits per heavy atom. The average Bonchev–Trinajstić information content (AvgIpc) is 2.68. The largest absolute Gasteiger partial charge is 0.417 e. The third kappa shape index (κ3) is 5.40. The van der Waals surface area contributed by atoms with Crippen LogP contribution in [0.15, 0.2) is 46.9 Å². The highest BCUT2D eigenvalue weighted by Crippen LogP contribution is 2.41. The van der Waals surface area contributed by atoms with Gasteiger partial charge in [0.15, 0.2) is 0 Å². The summed E-state index contributed by atoms with van der Waals surface area (Å²) < 4.78 is 40.7. The molecule has 152 valence electrons. The molecule has 0 N–H and O–H groups in total. The van der Waals surface area contributed by atoms with Gasteiger partial charge in [0.1, 0.15) is 0 Å². The second kappa shape index (κ2) is 9.47. The van der Waals surface area contributed by atoms with Gasteiger partial charge in [-0.25, -0.2) is 0 Å². The predicted octanol–water partition coefficient (Wildman–Crippen LogP) is 8.99. The van der Waals surface area contributed by atoms with Gasteiger partial charge in [-0.1, -0.05) is 78.9 Å². The first-order chi connectivity index (χ1) is 13.4. The van der Waals surface area contributed by atoms with Gasteiger partial charge < -0.3 is 0 Å². The van der Waals surface area contributed by atoms with E-state index in [2.05, 4.69) is 22.9 Å². The molecule has 0 aromatic heterocycles. The third-order valence-electron chi connectivity index (χ3n) is 6.04. The van der Waals surface area contributed by atoms with Crippen molar-refractivity contribution in [1.82, 2.24) is 0 Å². The minimum Gasteiger partial charge on any atom is -0.166 e. The zero-order chi connectivity index (χ0) is 20.1. The Morgan fingerprint density at radius 2 is 1.61 bits per heavy atom. The minimum absolute atomic E-state index is 0.238. The Kier molecular flexibility index (Phi) is 7.25. The van der Waals surface area contributed by atoms with Crippen LogP contribution in [0.3, 0.4) is 0 Å². The zero-order valence-corrected chi connectivity index (χ0v) is 18.0. The first kappa shape index (κ1) is 21.4. The predicted molar refractivity (Wildman–Crippen MR) is 113 cm³/mol. The Morgan fingerprint density at radius 3 is 2.21 bits per heavy atom. The van der Waals surface area contributed by atoms with Crippen molar-refractivity contribution in [2.75, 3.05) is 0 Å². The molecule has 1 saturated carbocycles. The molecule has 0 bridgehead atoms. The molecule has 0 aliphatic heterocycles. The lowest BCUT2D eigenvalue weighted by Crippen LogP contribution is -2.13. The van der Waals surface area contributed by atoms with Crippen LogP contribution in [0.25, 0.3) is 11.1 Å². The standard InChI is InChI=1S/C24H28BrF3/c1-2-3-4-5-17-6-8-18(9-7-17)19-10-12-20(13-11-19)22-15-14-21(25)16-23(22)24(26,27)28/h10-18H,2-9H2,1H3. The van der Waals surface area contributed by atoms with Crippen molar-refractivity contribution >= 4 is 15.9 Å². The van der Waals surface area contributed by atoms with Gasteiger partial charge in [0.25, 0.3) is 0 Å². The number of rotatable bonds is 6. The number of alkyl halides is 3. The fourth-order valence-corrected chi connectivity index (χ4v) is 4.77. The van der Waals surface area contributed by atoms with E-state index in [9.17, 15) is 13.2 Å². The summed E-state index contributed by atoms with van der Waals surface area (Å²) in [5.41, 5.74) is 1.53. The molecule has 4 heteroatoms. The zero-order valence-electron chi connectivity index (χ0n) is 16.4. The summed E-state index contributed by atoms with van der Waals surface area (Å²) in [6.45, 7) is 2.24. The summed E-state index contributed by atoms with van der Waals surface area (Å²) in [5.74, 6) is 1.41. The van der Waals surface area contributed by atoms with Crippen LogP contribution in [0, 0.1) is 5.92 Å². The summed E-state index contributed by atoms with van der Waals surface area (Å²) >= 11 is 3.15. The van der Waals surface area contributed by atoms with Crippen LogP contribution in [-0.4, -0.2) is 0 Å². The fraction of sp³-hybridized carbons (Fsp3) is 0.500. The quantitative estimate of drug-likeness (QED) is 0.383. The molecule has 0 nitrogen and oxygen atoms in total. The van der Waals surface area contributed by atoms with Gasteiger partial charge in [0, 0.05) is 4.47 Å². The Balaban J connectivity index is 1.69. The van der Waals surface area contributed by atoms with E-state index in [1.54, 1.807) is 12.1 Å². The lowest BCUT2D eigenvalue weighted by molar-refractivity contribution is -0.137.